The number of benzene rings is 2. The number of aromatic nitrogens is 2. The number of hydrogen-bond acceptors (Lipinski definition) is 6. The van der Waals surface area contributed by atoms with Crippen LogP contribution in [-0.2, 0) is 0 Å². The Morgan fingerprint density at radius 1 is 1.00 bits per heavy atom. The zero-order chi connectivity index (χ0) is 19.2. The minimum Gasteiger partial charge on any atom is -0.493 e. The maximum Gasteiger partial charge on any atom is 0.258 e. The van der Waals surface area contributed by atoms with E-state index in [1.54, 1.807) is 50.6 Å². The number of carbonyl (C=O) groups excluding carboxylic acids is 1. The van der Waals surface area contributed by atoms with Gasteiger partial charge < -0.3 is 20.1 Å². The number of methoxy groups -OCH3 is 2. The number of anilines is 3. The first-order valence-corrected chi connectivity index (χ1v) is 8.35. The quantitative estimate of drug-likeness (QED) is 0.664. The molecule has 0 unspecified atom stereocenters. The van der Waals surface area contributed by atoms with E-state index in [-0.39, 0.29) is 5.91 Å². The third-order valence-electron chi connectivity index (χ3n) is 3.68. The lowest BCUT2D eigenvalue weighted by Gasteiger charge is -2.10. The molecule has 8 heteroatoms. The second kappa shape index (κ2) is 8.37. The zero-order valence-corrected chi connectivity index (χ0v) is 15.4. The van der Waals surface area contributed by atoms with E-state index in [0.717, 1.165) is 5.69 Å². The summed E-state index contributed by atoms with van der Waals surface area (Å²) >= 11 is 6.04. The van der Waals surface area contributed by atoms with Gasteiger partial charge in [-0.05, 0) is 24.3 Å². The van der Waals surface area contributed by atoms with E-state index in [4.69, 9.17) is 21.1 Å². The first-order chi connectivity index (χ1) is 13.1. The van der Waals surface area contributed by atoms with Gasteiger partial charge in [-0.1, -0.05) is 23.7 Å². The van der Waals surface area contributed by atoms with Crippen LogP contribution in [-0.4, -0.2) is 30.1 Å². The molecule has 0 bridgehead atoms. The Kier molecular flexibility index (Phi) is 5.73. The molecule has 0 aliphatic heterocycles. The molecule has 27 heavy (non-hydrogen) atoms. The number of amides is 1. The number of nitrogens with one attached hydrogen (secondary N) is 2. The normalized spacial score (nSPS) is 10.2. The minimum atomic E-state index is -0.347. The van der Waals surface area contributed by atoms with Crippen molar-refractivity contribution in [1.82, 2.24) is 9.97 Å². The van der Waals surface area contributed by atoms with E-state index in [9.17, 15) is 4.79 Å². The van der Waals surface area contributed by atoms with E-state index in [0.29, 0.717) is 33.7 Å². The van der Waals surface area contributed by atoms with Gasteiger partial charge in [0.25, 0.3) is 5.91 Å². The average Bonchev–Trinajstić information content (AvgIpc) is 2.70. The lowest BCUT2D eigenvalue weighted by atomic mass is 10.2. The molecule has 7 nitrogen and oxygen atoms in total. The van der Waals surface area contributed by atoms with E-state index in [1.165, 1.54) is 12.4 Å². The molecule has 0 aliphatic rings. The van der Waals surface area contributed by atoms with Crippen molar-refractivity contribution in [3.63, 3.8) is 0 Å². The van der Waals surface area contributed by atoms with Crippen LogP contribution in [0.3, 0.4) is 0 Å². The minimum absolute atomic E-state index is 0.313. The lowest BCUT2D eigenvalue weighted by Crippen LogP contribution is -2.13. The first kappa shape index (κ1) is 18.5. The van der Waals surface area contributed by atoms with E-state index in [1.807, 2.05) is 6.07 Å². The fourth-order valence-corrected chi connectivity index (χ4v) is 2.49. The third-order valence-corrected chi connectivity index (χ3v) is 4.01. The maximum atomic E-state index is 12.3. The van der Waals surface area contributed by atoms with Gasteiger partial charge in [-0.15, -0.1) is 0 Å². The van der Waals surface area contributed by atoms with Crippen LogP contribution in [0.5, 0.6) is 11.5 Å². The Bertz CT molecular complexity index is 948. The van der Waals surface area contributed by atoms with Crippen LogP contribution in [0, 0.1) is 0 Å². The number of nitrogens with zero attached hydrogens (tertiary/aromatic N) is 2. The van der Waals surface area contributed by atoms with E-state index in [2.05, 4.69) is 20.6 Å². The summed E-state index contributed by atoms with van der Waals surface area (Å²) in [7, 11) is 3.13. The van der Waals surface area contributed by atoms with Crippen molar-refractivity contribution in [3.05, 3.63) is 65.4 Å². The molecule has 0 aliphatic carbocycles. The van der Waals surface area contributed by atoms with Gasteiger partial charge in [-0.3, -0.25) is 4.79 Å². The SMILES string of the molecule is COc1ccc(Nc2ncc(C(=O)Nc3ccccc3Cl)cn2)cc1OC. The largest absolute Gasteiger partial charge is 0.493 e. The summed E-state index contributed by atoms with van der Waals surface area (Å²) in [5, 5.41) is 6.22. The van der Waals surface area contributed by atoms with Crippen molar-refractivity contribution in [2.45, 2.75) is 0 Å². The zero-order valence-electron chi connectivity index (χ0n) is 14.7. The molecule has 1 aromatic heterocycles. The van der Waals surface area contributed by atoms with Crippen molar-refractivity contribution in [2.75, 3.05) is 24.9 Å². The van der Waals surface area contributed by atoms with Crippen LogP contribution < -0.4 is 20.1 Å². The highest BCUT2D eigenvalue weighted by Gasteiger charge is 2.10. The van der Waals surface area contributed by atoms with Crippen LogP contribution in [0.1, 0.15) is 10.4 Å². The molecular formula is C19H17ClN4O3. The maximum absolute atomic E-state index is 12.3. The molecule has 2 N–H and O–H groups in total. The number of para-hydroxylation sites is 1. The molecule has 0 radical (unpaired) electrons. The number of ether oxygens (including phenoxy) is 2. The summed E-state index contributed by atoms with van der Waals surface area (Å²) in [4.78, 5) is 20.6. The van der Waals surface area contributed by atoms with Crippen molar-refractivity contribution in [3.8, 4) is 11.5 Å². The third kappa shape index (κ3) is 4.45. The number of halogens is 1. The van der Waals surface area contributed by atoms with Gasteiger partial charge in [0, 0.05) is 24.1 Å². The predicted molar refractivity (Wildman–Crippen MR) is 104 cm³/mol. The van der Waals surface area contributed by atoms with Gasteiger partial charge in [0.15, 0.2) is 11.5 Å². The number of carbonyl (C=O) groups is 1. The molecule has 0 saturated heterocycles. The van der Waals surface area contributed by atoms with Crippen molar-refractivity contribution in [2.24, 2.45) is 0 Å². The molecule has 1 amide bonds. The summed E-state index contributed by atoms with van der Waals surface area (Å²) in [5.74, 6) is 1.20. The van der Waals surface area contributed by atoms with Crippen LogP contribution >= 0.6 is 11.6 Å². The molecular weight excluding hydrogens is 368 g/mol. The topological polar surface area (TPSA) is 85.4 Å². The summed E-state index contributed by atoms with van der Waals surface area (Å²) in [6.07, 6.45) is 2.87. The molecule has 1 heterocycles. The number of hydrogen-bond donors (Lipinski definition) is 2. The Morgan fingerprint density at radius 3 is 2.37 bits per heavy atom. The Labute approximate surface area is 161 Å². The van der Waals surface area contributed by atoms with Gasteiger partial charge in [-0.2, -0.15) is 0 Å². The molecule has 0 fully saturated rings. The first-order valence-electron chi connectivity index (χ1n) is 7.97. The van der Waals surface area contributed by atoms with Crippen LogP contribution in [0.15, 0.2) is 54.9 Å². The highest BCUT2D eigenvalue weighted by Crippen LogP contribution is 2.30. The van der Waals surface area contributed by atoms with Gasteiger partial charge in [-0.25, -0.2) is 9.97 Å². The summed E-state index contributed by atoms with van der Waals surface area (Å²) in [6.45, 7) is 0. The predicted octanol–water partition coefficient (Wildman–Crippen LogP) is 4.14. The lowest BCUT2D eigenvalue weighted by molar-refractivity contribution is 0.102. The molecule has 0 atom stereocenters. The highest BCUT2D eigenvalue weighted by molar-refractivity contribution is 6.33. The van der Waals surface area contributed by atoms with Gasteiger partial charge in [0.1, 0.15) is 0 Å². The summed E-state index contributed by atoms with van der Waals surface area (Å²) < 4.78 is 10.5. The molecule has 0 saturated carbocycles. The van der Waals surface area contributed by atoms with E-state index >= 15 is 0 Å². The average molecular weight is 385 g/mol. The molecule has 2 aromatic carbocycles. The van der Waals surface area contributed by atoms with Crippen molar-refractivity contribution >= 4 is 34.8 Å². The molecule has 3 rings (SSSR count). The van der Waals surface area contributed by atoms with Gasteiger partial charge in [0.2, 0.25) is 5.95 Å². The van der Waals surface area contributed by atoms with Crippen LogP contribution in [0.25, 0.3) is 0 Å². The highest BCUT2D eigenvalue weighted by atomic mass is 35.5. The Balaban J connectivity index is 1.70. The molecule has 138 valence electrons. The van der Waals surface area contributed by atoms with Gasteiger partial charge >= 0.3 is 0 Å². The van der Waals surface area contributed by atoms with Crippen LogP contribution in [0.2, 0.25) is 5.02 Å². The fraction of sp³-hybridized carbons (Fsp3) is 0.105. The van der Waals surface area contributed by atoms with Crippen molar-refractivity contribution in [1.29, 1.82) is 0 Å². The standard InChI is InChI=1S/C19H17ClN4O3/c1-26-16-8-7-13(9-17(16)27-2)23-19-21-10-12(11-22-19)18(25)24-15-6-4-3-5-14(15)20/h3-11H,1-2H3,(H,24,25)(H,21,22,23). The fourth-order valence-electron chi connectivity index (χ4n) is 2.31. The summed E-state index contributed by atoms with van der Waals surface area (Å²) in [5.41, 5.74) is 1.56. The second-order valence-electron chi connectivity index (χ2n) is 5.42. The Morgan fingerprint density at radius 2 is 1.70 bits per heavy atom. The summed E-state index contributed by atoms with van der Waals surface area (Å²) in [6, 6.07) is 12.3. The van der Waals surface area contributed by atoms with Gasteiger partial charge in [0.05, 0.1) is 30.5 Å². The van der Waals surface area contributed by atoms with Crippen molar-refractivity contribution < 1.29 is 14.3 Å². The molecule has 3 aromatic rings. The smallest absolute Gasteiger partial charge is 0.258 e. The monoisotopic (exact) mass is 384 g/mol. The number of rotatable bonds is 6. The van der Waals surface area contributed by atoms with Crippen LogP contribution in [0.4, 0.5) is 17.3 Å². The van der Waals surface area contributed by atoms with E-state index < -0.39 is 0 Å². The second-order valence-corrected chi connectivity index (χ2v) is 5.83. The molecule has 0 spiro atoms. The Hall–Kier alpha value is -3.32.